The molecule has 2 rings (SSSR count). The molecular weight excluding hydrogens is 218 g/mol. The van der Waals surface area contributed by atoms with Crippen molar-refractivity contribution in [1.82, 2.24) is 4.98 Å². The molecule has 2 heteroatoms. The van der Waals surface area contributed by atoms with Crippen LogP contribution in [0.2, 0.25) is 5.02 Å². The maximum atomic E-state index is 6.04. The highest BCUT2D eigenvalue weighted by atomic mass is 35.5. The number of aryl methyl sites for hydroxylation is 1. The van der Waals surface area contributed by atoms with E-state index < -0.39 is 0 Å². The number of nitrogens with zero attached hydrogens (tertiary/aromatic N) is 1. The normalized spacial score (nSPS) is 10.9. The Morgan fingerprint density at radius 2 is 2.00 bits per heavy atom. The Labute approximate surface area is 100 Å². The Kier molecular flexibility index (Phi) is 3.37. The van der Waals surface area contributed by atoms with E-state index in [0.29, 0.717) is 0 Å². The molecule has 0 aliphatic heterocycles. The first-order valence-electron chi connectivity index (χ1n) is 5.03. The lowest BCUT2D eigenvalue weighted by atomic mass is 10.2. The van der Waals surface area contributed by atoms with Crippen LogP contribution in [0.1, 0.15) is 17.0 Å². The molecule has 0 N–H and O–H groups in total. The van der Waals surface area contributed by atoms with Crippen molar-refractivity contribution in [2.75, 3.05) is 0 Å². The minimum atomic E-state index is 0.748. The molecule has 2 aromatic rings. The van der Waals surface area contributed by atoms with Crippen LogP contribution in [0.5, 0.6) is 0 Å². The first-order chi connectivity index (χ1) is 7.75. The van der Waals surface area contributed by atoms with Gasteiger partial charge in [0.25, 0.3) is 0 Å². The number of hydrogen-bond donors (Lipinski definition) is 0. The third-order valence-electron chi connectivity index (χ3n) is 2.18. The largest absolute Gasteiger partial charge is 0.253 e. The summed E-state index contributed by atoms with van der Waals surface area (Å²) in [5, 5.41) is 0.748. The molecule has 0 spiro atoms. The summed E-state index contributed by atoms with van der Waals surface area (Å²) in [6, 6.07) is 14.5. The molecular formula is C14H11ClN. The molecule has 79 valence electrons. The fourth-order valence-electron chi connectivity index (χ4n) is 1.39. The van der Waals surface area contributed by atoms with Crippen LogP contribution < -0.4 is 0 Å². The highest BCUT2D eigenvalue weighted by Crippen LogP contribution is 2.17. The number of benzene rings is 1. The van der Waals surface area contributed by atoms with E-state index in [0.717, 1.165) is 22.0 Å². The molecule has 1 nitrogen and oxygen atoms in total. The Bertz CT molecular complexity index is 518. The maximum absolute atomic E-state index is 6.04. The average Bonchev–Trinajstić information content (AvgIpc) is 2.28. The van der Waals surface area contributed by atoms with Crippen molar-refractivity contribution >= 4 is 23.8 Å². The maximum Gasteiger partial charge on any atom is 0.0633 e. The van der Waals surface area contributed by atoms with Gasteiger partial charge in [0, 0.05) is 16.8 Å². The van der Waals surface area contributed by atoms with Crippen LogP contribution in [0.25, 0.3) is 12.2 Å². The molecule has 0 fully saturated rings. The van der Waals surface area contributed by atoms with Crippen LogP contribution in [0, 0.1) is 13.0 Å². The second-order valence-electron chi connectivity index (χ2n) is 3.45. The summed E-state index contributed by atoms with van der Waals surface area (Å²) in [5.74, 6) is 0. The van der Waals surface area contributed by atoms with Gasteiger partial charge in [0.15, 0.2) is 0 Å². The van der Waals surface area contributed by atoms with Gasteiger partial charge in [-0.25, -0.2) is 0 Å². The fourth-order valence-corrected chi connectivity index (χ4v) is 1.59. The highest BCUT2D eigenvalue weighted by molar-refractivity contribution is 6.32. The first-order valence-corrected chi connectivity index (χ1v) is 5.41. The number of pyridine rings is 1. The molecule has 1 aromatic heterocycles. The van der Waals surface area contributed by atoms with Crippen molar-refractivity contribution in [3.05, 3.63) is 64.4 Å². The van der Waals surface area contributed by atoms with Gasteiger partial charge in [-0.1, -0.05) is 41.9 Å². The fraction of sp³-hybridized carbons (Fsp3) is 0.0714. The van der Waals surface area contributed by atoms with Gasteiger partial charge in [-0.15, -0.1) is 0 Å². The first kappa shape index (κ1) is 10.9. The topological polar surface area (TPSA) is 12.9 Å². The minimum Gasteiger partial charge on any atom is -0.253 e. The monoisotopic (exact) mass is 228 g/mol. The molecule has 1 heterocycles. The molecule has 16 heavy (non-hydrogen) atoms. The summed E-state index contributed by atoms with van der Waals surface area (Å²) in [5.41, 5.74) is 2.80. The lowest BCUT2D eigenvalue weighted by Gasteiger charge is -1.97. The molecule has 0 atom stereocenters. The lowest BCUT2D eigenvalue weighted by Crippen LogP contribution is -1.83. The lowest BCUT2D eigenvalue weighted by molar-refractivity contribution is 1.18. The van der Waals surface area contributed by atoms with E-state index in [4.69, 9.17) is 11.6 Å². The quantitative estimate of drug-likeness (QED) is 0.757. The summed E-state index contributed by atoms with van der Waals surface area (Å²) >= 11 is 6.04. The van der Waals surface area contributed by atoms with Gasteiger partial charge >= 0.3 is 0 Å². The number of aromatic nitrogens is 1. The summed E-state index contributed by atoms with van der Waals surface area (Å²) in [6.45, 7) is 1.92. The van der Waals surface area contributed by atoms with Gasteiger partial charge in [-0.3, -0.25) is 4.98 Å². The summed E-state index contributed by atoms with van der Waals surface area (Å²) in [6.07, 6.45) is 3.91. The minimum absolute atomic E-state index is 0.748. The van der Waals surface area contributed by atoms with Gasteiger partial charge in [0.05, 0.1) is 5.69 Å². The zero-order valence-corrected chi connectivity index (χ0v) is 9.70. The Morgan fingerprint density at radius 1 is 1.19 bits per heavy atom. The van der Waals surface area contributed by atoms with Crippen molar-refractivity contribution in [2.24, 2.45) is 0 Å². The molecule has 1 aromatic carbocycles. The highest BCUT2D eigenvalue weighted by Gasteiger charge is 1.94. The second-order valence-corrected chi connectivity index (χ2v) is 3.86. The standard InChI is InChI=1S/C14H11ClN/c1-11-5-4-7-13(16-11)10-9-12-6-2-3-8-14(12)15/h2-4,6-10H,1H3. The molecule has 0 saturated heterocycles. The molecule has 0 saturated carbocycles. The van der Waals surface area contributed by atoms with Crippen molar-refractivity contribution in [2.45, 2.75) is 6.92 Å². The Morgan fingerprint density at radius 3 is 2.75 bits per heavy atom. The Balaban J connectivity index is 2.25. The number of rotatable bonds is 2. The number of halogens is 1. The average molecular weight is 229 g/mol. The van der Waals surface area contributed by atoms with Gasteiger partial charge in [-0.2, -0.15) is 0 Å². The van der Waals surface area contributed by atoms with E-state index in [-0.39, 0.29) is 0 Å². The third-order valence-corrected chi connectivity index (χ3v) is 2.53. The van der Waals surface area contributed by atoms with Crippen LogP contribution in [0.3, 0.4) is 0 Å². The van der Waals surface area contributed by atoms with Crippen LogP contribution in [0.4, 0.5) is 0 Å². The second kappa shape index (κ2) is 4.95. The molecule has 1 radical (unpaired) electrons. The van der Waals surface area contributed by atoms with Crippen molar-refractivity contribution in [3.63, 3.8) is 0 Å². The van der Waals surface area contributed by atoms with Crippen molar-refractivity contribution in [3.8, 4) is 0 Å². The molecule has 0 unspecified atom stereocenters. The van der Waals surface area contributed by atoms with Crippen LogP contribution in [-0.2, 0) is 0 Å². The van der Waals surface area contributed by atoms with Crippen LogP contribution >= 0.6 is 11.6 Å². The van der Waals surface area contributed by atoms with Gasteiger partial charge in [0.1, 0.15) is 0 Å². The third kappa shape index (κ3) is 2.71. The zero-order valence-electron chi connectivity index (χ0n) is 8.94. The summed E-state index contributed by atoms with van der Waals surface area (Å²) in [4.78, 5) is 4.33. The SMILES string of the molecule is Cc1[c]ccc(C=Cc2ccccc2Cl)n1. The van der Waals surface area contributed by atoms with Crippen molar-refractivity contribution < 1.29 is 0 Å². The van der Waals surface area contributed by atoms with E-state index in [1.807, 2.05) is 55.5 Å². The predicted molar refractivity (Wildman–Crippen MR) is 68.2 cm³/mol. The van der Waals surface area contributed by atoms with Crippen LogP contribution in [-0.4, -0.2) is 4.98 Å². The van der Waals surface area contributed by atoms with E-state index in [9.17, 15) is 0 Å². The van der Waals surface area contributed by atoms with Gasteiger partial charge in [0.2, 0.25) is 0 Å². The zero-order chi connectivity index (χ0) is 11.4. The summed E-state index contributed by atoms with van der Waals surface area (Å²) in [7, 11) is 0. The number of hydrogen-bond acceptors (Lipinski definition) is 1. The van der Waals surface area contributed by atoms with E-state index in [1.54, 1.807) is 0 Å². The molecule has 0 bridgehead atoms. The van der Waals surface area contributed by atoms with E-state index in [2.05, 4.69) is 11.1 Å². The molecule has 0 aliphatic carbocycles. The predicted octanol–water partition coefficient (Wildman–Crippen LogP) is 4.01. The molecule has 0 amide bonds. The smallest absolute Gasteiger partial charge is 0.0633 e. The Hall–Kier alpha value is -1.60. The van der Waals surface area contributed by atoms with Crippen molar-refractivity contribution in [1.29, 1.82) is 0 Å². The van der Waals surface area contributed by atoms with E-state index in [1.165, 1.54) is 0 Å². The van der Waals surface area contributed by atoms with Crippen LogP contribution in [0.15, 0.2) is 36.4 Å². The van der Waals surface area contributed by atoms with Gasteiger partial charge in [-0.05, 0) is 30.7 Å². The van der Waals surface area contributed by atoms with E-state index >= 15 is 0 Å². The van der Waals surface area contributed by atoms with Gasteiger partial charge < -0.3 is 0 Å². The summed E-state index contributed by atoms with van der Waals surface area (Å²) < 4.78 is 0. The molecule has 0 aliphatic rings.